The number of aldehydes is 1. The average Bonchev–Trinajstić information content (AvgIpc) is 2.39. The quantitative estimate of drug-likeness (QED) is 0.708. The van der Waals surface area contributed by atoms with Crippen molar-refractivity contribution in [3.8, 4) is 0 Å². The molecule has 102 valence electrons. The van der Waals surface area contributed by atoms with Gasteiger partial charge < -0.3 is 9.69 Å². The van der Waals surface area contributed by atoms with E-state index in [1.54, 1.807) is 0 Å². The summed E-state index contributed by atoms with van der Waals surface area (Å²) in [6.07, 6.45) is 5.42. The van der Waals surface area contributed by atoms with Gasteiger partial charge in [-0.1, -0.05) is 6.92 Å². The number of likely N-dealkylation sites (tertiary alicyclic amines) is 2. The number of hydrogen-bond acceptors (Lipinski definition) is 3. The van der Waals surface area contributed by atoms with E-state index in [0.717, 1.165) is 51.7 Å². The highest BCUT2D eigenvalue weighted by Gasteiger charge is 2.25. The third-order valence-electron chi connectivity index (χ3n) is 4.10. The highest BCUT2D eigenvalue weighted by molar-refractivity contribution is 5.78. The van der Waals surface area contributed by atoms with Crippen LogP contribution >= 0.6 is 0 Å². The first-order valence-electron chi connectivity index (χ1n) is 7.14. The normalized spacial score (nSPS) is 30.2. The van der Waals surface area contributed by atoms with E-state index >= 15 is 0 Å². The molecule has 18 heavy (non-hydrogen) atoms. The van der Waals surface area contributed by atoms with Crippen molar-refractivity contribution in [1.29, 1.82) is 0 Å². The monoisotopic (exact) mass is 252 g/mol. The topological polar surface area (TPSA) is 40.6 Å². The molecule has 2 rings (SSSR count). The zero-order chi connectivity index (χ0) is 13.0. The molecule has 0 aromatic heterocycles. The molecule has 2 aliphatic rings. The lowest BCUT2D eigenvalue weighted by Gasteiger charge is -2.35. The van der Waals surface area contributed by atoms with Crippen LogP contribution < -0.4 is 0 Å². The van der Waals surface area contributed by atoms with Gasteiger partial charge in [-0.3, -0.25) is 9.69 Å². The van der Waals surface area contributed by atoms with Gasteiger partial charge >= 0.3 is 0 Å². The first kappa shape index (κ1) is 13.5. The minimum atomic E-state index is 0.131. The van der Waals surface area contributed by atoms with Crippen molar-refractivity contribution in [1.82, 2.24) is 9.80 Å². The summed E-state index contributed by atoms with van der Waals surface area (Å²) in [4.78, 5) is 27.2. The molecule has 4 nitrogen and oxygen atoms in total. The summed E-state index contributed by atoms with van der Waals surface area (Å²) in [5, 5.41) is 0. The molecular weight excluding hydrogens is 228 g/mol. The number of hydrogen-bond donors (Lipinski definition) is 0. The van der Waals surface area contributed by atoms with Gasteiger partial charge in [0.2, 0.25) is 5.91 Å². The van der Waals surface area contributed by atoms with Gasteiger partial charge in [0.1, 0.15) is 6.29 Å². The van der Waals surface area contributed by atoms with Crippen LogP contribution in [0.1, 0.15) is 32.6 Å². The molecule has 2 aliphatic heterocycles. The second-order valence-electron chi connectivity index (χ2n) is 5.86. The maximum absolute atomic E-state index is 12.2. The van der Waals surface area contributed by atoms with Crippen LogP contribution in [0.25, 0.3) is 0 Å². The SMILES string of the molecule is CC1CCCN(C(=O)CN2CCCC(C=O)C2)C1. The van der Waals surface area contributed by atoms with E-state index < -0.39 is 0 Å². The maximum Gasteiger partial charge on any atom is 0.236 e. The van der Waals surface area contributed by atoms with Crippen LogP contribution in [0.5, 0.6) is 0 Å². The van der Waals surface area contributed by atoms with Crippen molar-refractivity contribution in [2.24, 2.45) is 11.8 Å². The summed E-state index contributed by atoms with van der Waals surface area (Å²) < 4.78 is 0. The number of nitrogens with zero attached hydrogens (tertiary/aromatic N) is 2. The molecule has 2 atom stereocenters. The molecule has 2 fully saturated rings. The first-order chi connectivity index (χ1) is 8.69. The van der Waals surface area contributed by atoms with E-state index in [1.807, 2.05) is 4.90 Å². The van der Waals surface area contributed by atoms with E-state index in [-0.39, 0.29) is 11.8 Å². The molecule has 0 aliphatic carbocycles. The molecule has 2 saturated heterocycles. The van der Waals surface area contributed by atoms with Crippen molar-refractivity contribution < 1.29 is 9.59 Å². The molecule has 0 N–H and O–H groups in total. The fourth-order valence-electron chi connectivity index (χ4n) is 3.05. The van der Waals surface area contributed by atoms with Gasteiger partial charge in [-0.15, -0.1) is 0 Å². The summed E-state index contributed by atoms with van der Waals surface area (Å²) >= 11 is 0. The van der Waals surface area contributed by atoms with Crippen LogP contribution in [0.15, 0.2) is 0 Å². The molecule has 0 aromatic rings. The van der Waals surface area contributed by atoms with Crippen molar-refractivity contribution in [2.75, 3.05) is 32.7 Å². The Morgan fingerprint density at radius 1 is 1.22 bits per heavy atom. The number of carbonyl (C=O) groups excluding carboxylic acids is 2. The summed E-state index contributed by atoms with van der Waals surface area (Å²) in [5.41, 5.74) is 0. The van der Waals surface area contributed by atoms with Crippen molar-refractivity contribution in [3.05, 3.63) is 0 Å². The van der Waals surface area contributed by atoms with E-state index in [1.165, 1.54) is 6.42 Å². The average molecular weight is 252 g/mol. The lowest BCUT2D eigenvalue weighted by atomic mass is 9.99. The Morgan fingerprint density at radius 2 is 2.00 bits per heavy atom. The van der Waals surface area contributed by atoms with Gasteiger partial charge in [-0.05, 0) is 38.1 Å². The highest BCUT2D eigenvalue weighted by atomic mass is 16.2. The highest BCUT2D eigenvalue weighted by Crippen LogP contribution is 2.17. The molecule has 0 radical (unpaired) electrons. The van der Waals surface area contributed by atoms with Crippen LogP contribution in [0.3, 0.4) is 0 Å². The molecule has 0 spiro atoms. The lowest BCUT2D eigenvalue weighted by molar-refractivity contribution is -0.135. The number of rotatable bonds is 3. The first-order valence-corrected chi connectivity index (χ1v) is 7.14. The van der Waals surface area contributed by atoms with Gasteiger partial charge in [0.05, 0.1) is 6.54 Å². The van der Waals surface area contributed by atoms with Gasteiger partial charge in [0, 0.05) is 25.6 Å². The Balaban J connectivity index is 1.81. The largest absolute Gasteiger partial charge is 0.341 e. The zero-order valence-electron chi connectivity index (χ0n) is 11.3. The minimum absolute atomic E-state index is 0.131. The molecule has 4 heteroatoms. The summed E-state index contributed by atoms with van der Waals surface area (Å²) in [5.74, 6) is 1.01. The summed E-state index contributed by atoms with van der Waals surface area (Å²) in [6, 6.07) is 0. The predicted molar refractivity (Wildman–Crippen MR) is 70.2 cm³/mol. The Kier molecular flexibility index (Phi) is 4.75. The number of piperidine rings is 2. The summed E-state index contributed by atoms with van der Waals surface area (Å²) in [7, 11) is 0. The maximum atomic E-state index is 12.2. The Bertz CT molecular complexity index is 306. The molecule has 0 saturated carbocycles. The van der Waals surface area contributed by atoms with Crippen LogP contribution in [-0.4, -0.2) is 54.7 Å². The van der Waals surface area contributed by atoms with Crippen LogP contribution in [0.2, 0.25) is 0 Å². The molecule has 1 amide bonds. The number of amides is 1. The van der Waals surface area contributed by atoms with E-state index in [0.29, 0.717) is 12.5 Å². The predicted octanol–water partition coefficient (Wildman–Crippen LogP) is 1.16. The molecule has 0 aromatic carbocycles. The molecule has 2 heterocycles. The molecule has 0 bridgehead atoms. The van der Waals surface area contributed by atoms with E-state index in [2.05, 4.69) is 11.8 Å². The van der Waals surface area contributed by atoms with Gasteiger partial charge in [-0.2, -0.15) is 0 Å². The Morgan fingerprint density at radius 3 is 2.72 bits per heavy atom. The fourth-order valence-corrected chi connectivity index (χ4v) is 3.05. The Labute approximate surface area is 109 Å². The van der Waals surface area contributed by atoms with Gasteiger partial charge in [0.15, 0.2) is 0 Å². The van der Waals surface area contributed by atoms with Crippen LogP contribution in [0.4, 0.5) is 0 Å². The standard InChI is InChI=1S/C14H24N2O2/c1-12-4-2-7-16(8-12)14(18)10-15-6-3-5-13(9-15)11-17/h11-13H,2-10H2,1H3. The van der Waals surface area contributed by atoms with Gasteiger partial charge in [-0.25, -0.2) is 0 Å². The third kappa shape index (κ3) is 3.55. The van der Waals surface area contributed by atoms with Crippen molar-refractivity contribution in [3.63, 3.8) is 0 Å². The second kappa shape index (κ2) is 6.32. The molecular formula is C14H24N2O2. The smallest absolute Gasteiger partial charge is 0.236 e. The lowest BCUT2D eigenvalue weighted by Crippen LogP contribution is -2.47. The van der Waals surface area contributed by atoms with E-state index in [9.17, 15) is 9.59 Å². The van der Waals surface area contributed by atoms with Crippen molar-refractivity contribution in [2.45, 2.75) is 32.6 Å². The second-order valence-corrected chi connectivity index (χ2v) is 5.86. The van der Waals surface area contributed by atoms with E-state index in [4.69, 9.17) is 0 Å². The minimum Gasteiger partial charge on any atom is -0.341 e. The number of carbonyl (C=O) groups is 2. The fraction of sp³-hybridized carbons (Fsp3) is 0.857. The summed E-state index contributed by atoms with van der Waals surface area (Å²) in [6.45, 7) is 6.25. The zero-order valence-corrected chi connectivity index (χ0v) is 11.3. The van der Waals surface area contributed by atoms with Gasteiger partial charge in [0.25, 0.3) is 0 Å². The van der Waals surface area contributed by atoms with Crippen LogP contribution in [-0.2, 0) is 9.59 Å². The van der Waals surface area contributed by atoms with Crippen molar-refractivity contribution >= 4 is 12.2 Å². The van der Waals surface area contributed by atoms with Crippen LogP contribution in [0, 0.1) is 11.8 Å². The Hall–Kier alpha value is -0.900. The molecule has 2 unspecified atom stereocenters. The third-order valence-corrected chi connectivity index (χ3v) is 4.10.